The third-order valence-electron chi connectivity index (χ3n) is 3.30. The van der Waals surface area contributed by atoms with E-state index in [4.69, 9.17) is 0 Å². The lowest BCUT2D eigenvalue weighted by atomic mass is 9.74. The lowest BCUT2D eigenvalue weighted by Crippen LogP contribution is -2.25. The van der Waals surface area contributed by atoms with E-state index in [0.717, 1.165) is 16.9 Å². The minimum atomic E-state index is 0.101. The van der Waals surface area contributed by atoms with Crippen molar-refractivity contribution in [3.63, 3.8) is 0 Å². The first kappa shape index (κ1) is 9.79. The molecule has 16 heavy (non-hydrogen) atoms. The van der Waals surface area contributed by atoms with E-state index in [1.54, 1.807) is 11.3 Å². The van der Waals surface area contributed by atoms with Crippen molar-refractivity contribution in [1.82, 2.24) is 0 Å². The molecule has 0 aliphatic heterocycles. The molecule has 1 aliphatic rings. The highest BCUT2D eigenvalue weighted by atomic mass is 32.1. The van der Waals surface area contributed by atoms with Crippen LogP contribution in [0, 0.1) is 6.92 Å². The molecule has 0 fully saturated rings. The molecule has 0 radical (unpaired) electrons. The van der Waals surface area contributed by atoms with Gasteiger partial charge in [-0.2, -0.15) is 0 Å². The zero-order valence-corrected chi connectivity index (χ0v) is 9.88. The molecular formula is C14H12OS. The monoisotopic (exact) mass is 228 g/mol. The van der Waals surface area contributed by atoms with E-state index in [9.17, 15) is 4.79 Å². The van der Waals surface area contributed by atoms with Crippen LogP contribution in [0.1, 0.15) is 32.3 Å². The summed E-state index contributed by atoms with van der Waals surface area (Å²) in [7, 11) is 0. The normalized spacial score (nSPS) is 17.7. The predicted molar refractivity (Wildman–Crippen MR) is 66.3 cm³/mol. The van der Waals surface area contributed by atoms with Crippen LogP contribution in [0.2, 0.25) is 0 Å². The number of carbonyl (C=O) groups excluding carboxylic acids is 1. The summed E-state index contributed by atoms with van der Waals surface area (Å²) in [5, 5.41) is 1.99. The Morgan fingerprint density at radius 1 is 1.31 bits per heavy atom. The molecule has 0 N–H and O–H groups in total. The number of ketones is 1. The fourth-order valence-corrected chi connectivity index (χ4v) is 3.02. The minimum absolute atomic E-state index is 0.101. The zero-order chi connectivity index (χ0) is 11.1. The first-order valence-corrected chi connectivity index (χ1v) is 6.31. The van der Waals surface area contributed by atoms with E-state index < -0.39 is 0 Å². The van der Waals surface area contributed by atoms with Crippen LogP contribution in [0.5, 0.6) is 0 Å². The van der Waals surface area contributed by atoms with Crippen LogP contribution in [-0.2, 0) is 6.42 Å². The molecule has 0 bridgehead atoms. The van der Waals surface area contributed by atoms with Crippen molar-refractivity contribution in [2.24, 2.45) is 0 Å². The molecule has 1 nitrogen and oxygen atoms in total. The van der Waals surface area contributed by atoms with E-state index in [1.807, 2.05) is 30.5 Å². The molecule has 1 aromatic carbocycles. The summed E-state index contributed by atoms with van der Waals surface area (Å²) >= 11 is 1.65. The molecule has 3 rings (SSSR count). The second kappa shape index (κ2) is 3.56. The Labute approximate surface area is 98.7 Å². The molecule has 1 aliphatic carbocycles. The predicted octanol–water partition coefficient (Wildman–Crippen LogP) is 3.58. The van der Waals surface area contributed by atoms with E-state index in [1.165, 1.54) is 11.1 Å². The number of Topliss-reactive ketones (excluding diaryl/α,β-unsaturated/α-hetero) is 1. The van der Waals surface area contributed by atoms with Gasteiger partial charge in [-0.3, -0.25) is 4.79 Å². The Kier molecular flexibility index (Phi) is 2.18. The SMILES string of the molecule is Cc1sccc1C(=O)C1Cc2ccccc21. The Hall–Kier alpha value is -1.41. The second-order valence-electron chi connectivity index (χ2n) is 4.21. The van der Waals surface area contributed by atoms with Crippen LogP contribution in [0.4, 0.5) is 0 Å². The molecule has 80 valence electrons. The van der Waals surface area contributed by atoms with Gasteiger partial charge >= 0.3 is 0 Å². The fraction of sp³-hybridized carbons (Fsp3) is 0.214. The van der Waals surface area contributed by atoms with E-state index in [-0.39, 0.29) is 11.7 Å². The van der Waals surface area contributed by atoms with Gasteiger partial charge in [0.25, 0.3) is 0 Å². The molecule has 2 heteroatoms. The number of aryl methyl sites for hydroxylation is 1. The molecule has 1 unspecified atom stereocenters. The van der Waals surface area contributed by atoms with Gasteiger partial charge in [-0.25, -0.2) is 0 Å². The molecule has 0 saturated carbocycles. The van der Waals surface area contributed by atoms with Crippen molar-refractivity contribution >= 4 is 17.1 Å². The van der Waals surface area contributed by atoms with Gasteiger partial charge in [0.15, 0.2) is 5.78 Å². The Morgan fingerprint density at radius 2 is 2.12 bits per heavy atom. The third-order valence-corrected chi connectivity index (χ3v) is 4.14. The molecule has 1 aromatic heterocycles. The van der Waals surface area contributed by atoms with Crippen LogP contribution in [-0.4, -0.2) is 5.78 Å². The highest BCUT2D eigenvalue weighted by Crippen LogP contribution is 2.38. The largest absolute Gasteiger partial charge is 0.293 e. The number of hydrogen-bond acceptors (Lipinski definition) is 2. The molecule has 1 heterocycles. The summed E-state index contributed by atoms with van der Waals surface area (Å²) in [6, 6.07) is 10.2. The highest BCUT2D eigenvalue weighted by molar-refractivity contribution is 7.10. The van der Waals surface area contributed by atoms with Gasteiger partial charge in [0.2, 0.25) is 0 Å². The van der Waals surface area contributed by atoms with Gasteiger partial charge in [-0.05, 0) is 35.9 Å². The van der Waals surface area contributed by atoms with Crippen LogP contribution in [0.25, 0.3) is 0 Å². The fourth-order valence-electron chi connectivity index (χ4n) is 2.32. The Bertz CT molecular complexity index is 553. The summed E-state index contributed by atoms with van der Waals surface area (Å²) in [6.07, 6.45) is 0.907. The second-order valence-corrected chi connectivity index (χ2v) is 5.33. The van der Waals surface area contributed by atoms with Crippen LogP contribution >= 0.6 is 11.3 Å². The van der Waals surface area contributed by atoms with Gasteiger partial charge in [-0.15, -0.1) is 11.3 Å². The molecule has 1 atom stereocenters. The summed E-state index contributed by atoms with van der Waals surface area (Å²) < 4.78 is 0. The van der Waals surface area contributed by atoms with Crippen molar-refractivity contribution in [3.8, 4) is 0 Å². The first-order valence-electron chi connectivity index (χ1n) is 5.43. The Balaban J connectivity index is 1.93. The third kappa shape index (κ3) is 1.34. The van der Waals surface area contributed by atoms with E-state index in [0.29, 0.717) is 0 Å². The lowest BCUT2D eigenvalue weighted by molar-refractivity contribution is 0.0949. The van der Waals surface area contributed by atoms with Gasteiger partial charge in [0.05, 0.1) is 5.92 Å². The van der Waals surface area contributed by atoms with Crippen molar-refractivity contribution < 1.29 is 4.79 Å². The van der Waals surface area contributed by atoms with Crippen LogP contribution < -0.4 is 0 Å². The van der Waals surface area contributed by atoms with Crippen LogP contribution in [0.15, 0.2) is 35.7 Å². The average molecular weight is 228 g/mol. The molecule has 2 aromatic rings. The lowest BCUT2D eigenvalue weighted by Gasteiger charge is -2.28. The number of hydrogen-bond donors (Lipinski definition) is 0. The summed E-state index contributed by atoms with van der Waals surface area (Å²) in [5.74, 6) is 0.391. The van der Waals surface area contributed by atoms with Crippen molar-refractivity contribution in [1.29, 1.82) is 0 Å². The molecule has 0 amide bonds. The number of benzene rings is 1. The van der Waals surface area contributed by atoms with E-state index >= 15 is 0 Å². The van der Waals surface area contributed by atoms with Gasteiger partial charge in [0, 0.05) is 10.4 Å². The average Bonchev–Trinajstić information content (AvgIpc) is 2.66. The standard InChI is InChI=1S/C14H12OS/c1-9-11(6-7-16-9)14(15)13-8-10-4-2-3-5-12(10)13/h2-7,13H,8H2,1H3. The summed E-state index contributed by atoms with van der Waals surface area (Å²) in [4.78, 5) is 13.4. The summed E-state index contributed by atoms with van der Waals surface area (Å²) in [6.45, 7) is 2.02. The topological polar surface area (TPSA) is 17.1 Å². The minimum Gasteiger partial charge on any atom is -0.293 e. The number of rotatable bonds is 2. The van der Waals surface area contributed by atoms with Crippen LogP contribution in [0.3, 0.4) is 0 Å². The van der Waals surface area contributed by atoms with Gasteiger partial charge < -0.3 is 0 Å². The summed E-state index contributed by atoms with van der Waals surface area (Å²) in [5.41, 5.74) is 3.45. The number of fused-ring (bicyclic) bond motifs is 1. The highest BCUT2D eigenvalue weighted by Gasteiger charge is 2.32. The maximum absolute atomic E-state index is 12.3. The zero-order valence-electron chi connectivity index (χ0n) is 9.07. The van der Waals surface area contributed by atoms with E-state index in [2.05, 4.69) is 12.1 Å². The van der Waals surface area contributed by atoms with Gasteiger partial charge in [-0.1, -0.05) is 24.3 Å². The van der Waals surface area contributed by atoms with Crippen molar-refractivity contribution in [2.75, 3.05) is 0 Å². The molecular weight excluding hydrogens is 216 g/mol. The number of carbonyl (C=O) groups is 1. The molecule has 0 spiro atoms. The maximum atomic E-state index is 12.3. The van der Waals surface area contributed by atoms with Crippen molar-refractivity contribution in [3.05, 3.63) is 57.3 Å². The smallest absolute Gasteiger partial charge is 0.171 e. The first-order chi connectivity index (χ1) is 7.77. The Morgan fingerprint density at radius 3 is 2.81 bits per heavy atom. The quantitative estimate of drug-likeness (QED) is 0.718. The van der Waals surface area contributed by atoms with Gasteiger partial charge in [0.1, 0.15) is 0 Å². The maximum Gasteiger partial charge on any atom is 0.171 e. The number of thiophene rings is 1. The molecule has 0 saturated heterocycles. The van der Waals surface area contributed by atoms with Crippen molar-refractivity contribution in [2.45, 2.75) is 19.3 Å².